The fourth-order valence-electron chi connectivity index (χ4n) is 8.99. The number of aromatic nitrogens is 6. The minimum atomic E-state index is -4.94. The van der Waals surface area contributed by atoms with Gasteiger partial charge in [0.1, 0.15) is 18.7 Å². The number of nitrogens with zero attached hydrogens (tertiary/aromatic N) is 7. The van der Waals surface area contributed by atoms with Crippen molar-refractivity contribution in [3.8, 4) is 34.2 Å². The zero-order chi connectivity index (χ0) is 51.8. The van der Waals surface area contributed by atoms with E-state index in [0.717, 1.165) is 62.5 Å². The normalized spacial score (nSPS) is 13.4. The standard InChI is InChI=1S/C56H49N7.2ClHO4/c1-56(2)49-36-22-23-37-50(49)59(3)51(56)39-38-48(52-57-62(46-32-18-8-19-33-46)54(44-28-14-6-15-29-44)60(52)40-42-24-10-4-11-25-42)53-58-63(47-34-20-9-21-35-47)55(45-30-16-7-17-31-45)61(53)41-43-26-12-5-13-27-43;2*2-1(3,4)5/h4-39H,40-41H2,1-3H3;2*(H,2,3,4,5)/q+2;;/p-2/b51-39-;;. The molecule has 9 aromatic rings. The number of benzene rings is 7. The Balaban J connectivity index is 0.000000650. The number of likely N-dealkylation sites (N-methyl/N-ethyl adjacent to an activating group) is 1. The van der Waals surface area contributed by atoms with Gasteiger partial charge in [0.05, 0.1) is 11.1 Å². The van der Waals surface area contributed by atoms with Gasteiger partial charge in [-0.25, -0.2) is 46.4 Å². The highest BCUT2D eigenvalue weighted by Gasteiger charge is 2.40. The molecular weight excluding hydrogens is 970 g/mol. The van der Waals surface area contributed by atoms with Gasteiger partial charge in [0, 0.05) is 23.8 Å². The lowest BCUT2D eigenvalue weighted by molar-refractivity contribution is -2.00. The summed E-state index contributed by atoms with van der Waals surface area (Å²) in [5, 5.41) is 11.4. The second kappa shape index (κ2) is 22.4. The van der Waals surface area contributed by atoms with E-state index in [0.29, 0.717) is 13.1 Å². The minimum absolute atomic E-state index is 0.260. The Labute approximate surface area is 426 Å². The van der Waals surface area contributed by atoms with Crippen LogP contribution in [0.25, 0.3) is 39.7 Å². The van der Waals surface area contributed by atoms with Gasteiger partial charge in [0.15, 0.2) is 11.4 Å². The Morgan fingerprint density at radius 1 is 0.479 bits per heavy atom. The monoisotopic (exact) mass is 1020 g/mol. The first-order valence-electron chi connectivity index (χ1n) is 22.8. The Kier molecular flexibility index (Phi) is 15.9. The van der Waals surface area contributed by atoms with E-state index in [1.807, 2.05) is 0 Å². The van der Waals surface area contributed by atoms with Crippen molar-refractivity contribution in [3.63, 3.8) is 0 Å². The first-order chi connectivity index (χ1) is 35.0. The van der Waals surface area contributed by atoms with Crippen LogP contribution in [0.2, 0.25) is 0 Å². The molecule has 0 spiro atoms. The lowest BCUT2D eigenvalue weighted by Crippen LogP contribution is -2.68. The van der Waals surface area contributed by atoms with Gasteiger partial charge in [-0.05, 0) is 93.6 Å². The van der Waals surface area contributed by atoms with Crippen LogP contribution >= 0.6 is 0 Å². The summed E-state index contributed by atoms with van der Waals surface area (Å²) in [7, 11) is -7.71. The fraction of sp³-hybridized carbons (Fsp3) is 0.107. The number of hydrogen-bond donors (Lipinski definition) is 0. The maximum absolute atomic E-state index is 8.49. The van der Waals surface area contributed by atoms with Gasteiger partial charge in [-0.15, -0.1) is 20.5 Å². The van der Waals surface area contributed by atoms with Crippen molar-refractivity contribution in [3.05, 3.63) is 252 Å². The highest BCUT2D eigenvalue weighted by molar-refractivity contribution is 5.78. The molecule has 0 bridgehead atoms. The van der Waals surface area contributed by atoms with E-state index in [1.54, 1.807) is 0 Å². The predicted octanol–water partition coefficient (Wildman–Crippen LogP) is 1.29. The van der Waals surface area contributed by atoms with E-state index < -0.39 is 20.5 Å². The molecule has 0 amide bonds. The van der Waals surface area contributed by atoms with Crippen LogP contribution in [-0.2, 0) is 18.5 Å². The maximum atomic E-state index is 8.49. The average molecular weight is 1020 g/mol. The van der Waals surface area contributed by atoms with Crippen LogP contribution in [0.4, 0.5) is 5.69 Å². The van der Waals surface area contributed by atoms with Crippen molar-refractivity contribution in [1.29, 1.82) is 0 Å². The zero-order valence-electron chi connectivity index (χ0n) is 39.9. The smallest absolute Gasteiger partial charge is 0.317 e. The van der Waals surface area contributed by atoms with Crippen molar-refractivity contribution in [2.45, 2.75) is 32.4 Å². The van der Waals surface area contributed by atoms with Gasteiger partial charge in [0.2, 0.25) is 0 Å². The number of para-hydroxylation sites is 3. The van der Waals surface area contributed by atoms with Gasteiger partial charge in [0.25, 0.3) is 11.6 Å². The van der Waals surface area contributed by atoms with E-state index in [-0.39, 0.29) is 5.41 Å². The lowest BCUT2D eigenvalue weighted by Gasteiger charge is -2.23. The molecule has 7 aromatic carbocycles. The Morgan fingerprint density at radius 3 is 1.18 bits per heavy atom. The molecule has 0 fully saturated rings. The molecule has 0 aliphatic carbocycles. The second-order valence-electron chi connectivity index (χ2n) is 17.3. The topological polar surface area (TPSA) is 231 Å². The lowest BCUT2D eigenvalue weighted by atomic mass is 9.83. The van der Waals surface area contributed by atoms with Crippen molar-refractivity contribution < 1.29 is 67.1 Å². The van der Waals surface area contributed by atoms with Crippen LogP contribution in [0, 0.1) is 20.5 Å². The molecule has 10 rings (SSSR count). The van der Waals surface area contributed by atoms with E-state index in [1.165, 1.54) is 16.9 Å². The van der Waals surface area contributed by atoms with Gasteiger partial charge in [-0.1, -0.05) is 175 Å². The highest BCUT2D eigenvalue weighted by atomic mass is 35.7. The average Bonchev–Trinajstić information content (AvgIpc) is 4.00. The molecule has 15 nitrogen and oxygen atoms in total. The molecular formula is C56H49Cl2N7O8. The molecule has 3 heterocycles. The molecule has 1 aliphatic heterocycles. The number of rotatable bonds is 11. The van der Waals surface area contributed by atoms with Crippen LogP contribution in [0.5, 0.6) is 0 Å². The highest BCUT2D eigenvalue weighted by Crippen LogP contribution is 2.47. The molecule has 1 aliphatic rings. The number of fused-ring (bicyclic) bond motifs is 1. The third kappa shape index (κ3) is 12.7. The quantitative estimate of drug-likeness (QED) is 0.168. The number of hydrogen-bond acceptors (Lipinski definition) is 11. The van der Waals surface area contributed by atoms with Crippen LogP contribution in [0.3, 0.4) is 0 Å². The molecule has 0 saturated heterocycles. The number of allylic oxidation sites excluding steroid dienone is 3. The SMILES string of the molecule is CN1/C(=C\C=C(c2n[n+](-c3ccccc3)c(-c3ccccc3)n2Cc2ccccc2)c2n[n+](-c3ccccc3)c(-c3ccccc3)n2Cc2ccccc2)C(C)(C)c2ccccc21.[O-][Cl+3]([O-])([O-])[O-].[O-][Cl+3]([O-])([O-])[O-]. The van der Waals surface area contributed by atoms with E-state index >= 15 is 0 Å². The first-order valence-corrected chi connectivity index (χ1v) is 25.3. The number of halogens is 2. The Morgan fingerprint density at radius 2 is 0.808 bits per heavy atom. The van der Waals surface area contributed by atoms with E-state index in [4.69, 9.17) is 47.5 Å². The molecule has 0 atom stereocenters. The molecule has 0 radical (unpaired) electrons. The summed E-state index contributed by atoms with van der Waals surface area (Å²) >= 11 is 0. The van der Waals surface area contributed by atoms with Gasteiger partial charge >= 0.3 is 11.6 Å². The molecule has 73 heavy (non-hydrogen) atoms. The predicted molar refractivity (Wildman–Crippen MR) is 253 cm³/mol. The van der Waals surface area contributed by atoms with E-state index in [2.05, 4.69) is 263 Å². The molecule has 2 aromatic heterocycles. The zero-order valence-corrected chi connectivity index (χ0v) is 41.4. The molecule has 17 heteroatoms. The van der Waals surface area contributed by atoms with Crippen LogP contribution < -0.4 is 51.5 Å². The van der Waals surface area contributed by atoms with Crippen molar-refractivity contribution in [1.82, 2.24) is 19.3 Å². The summed E-state index contributed by atoms with van der Waals surface area (Å²) in [6.45, 7) is 5.77. The summed E-state index contributed by atoms with van der Waals surface area (Å²) in [5.41, 5.74) is 10.7. The molecule has 0 saturated carbocycles. The van der Waals surface area contributed by atoms with Crippen LogP contribution in [0.15, 0.2) is 224 Å². The molecule has 370 valence electrons. The van der Waals surface area contributed by atoms with Crippen molar-refractivity contribution in [2.24, 2.45) is 0 Å². The third-order valence-electron chi connectivity index (χ3n) is 12.1. The summed E-state index contributed by atoms with van der Waals surface area (Å²) < 4.78 is 76.9. The fourth-order valence-corrected chi connectivity index (χ4v) is 8.99. The van der Waals surface area contributed by atoms with Gasteiger partial charge in [-0.2, -0.15) is 0 Å². The largest absolute Gasteiger partial charge is 0.347 e. The summed E-state index contributed by atoms with van der Waals surface area (Å²) in [6.07, 6.45) is 4.56. The summed E-state index contributed by atoms with van der Waals surface area (Å²) in [5.74, 6) is 3.50. The summed E-state index contributed by atoms with van der Waals surface area (Å²) in [6, 6.07) is 72.2. The second-order valence-corrected chi connectivity index (χ2v) is 18.8. The van der Waals surface area contributed by atoms with Crippen molar-refractivity contribution in [2.75, 3.05) is 11.9 Å². The Bertz CT molecular complexity index is 3120. The molecule has 0 unspecified atom stereocenters. The van der Waals surface area contributed by atoms with Gasteiger partial charge < -0.3 is 4.90 Å². The third-order valence-corrected chi connectivity index (χ3v) is 12.1. The van der Waals surface area contributed by atoms with Crippen LogP contribution in [0.1, 0.15) is 42.2 Å². The number of anilines is 1. The summed E-state index contributed by atoms with van der Waals surface area (Å²) in [4.78, 5) is 2.33. The first kappa shape index (κ1) is 51.7. The van der Waals surface area contributed by atoms with E-state index in [9.17, 15) is 0 Å². The van der Waals surface area contributed by atoms with Crippen LogP contribution in [-0.4, -0.2) is 26.4 Å². The minimum Gasteiger partial charge on any atom is -0.347 e. The maximum Gasteiger partial charge on any atom is 0.317 e. The van der Waals surface area contributed by atoms with Crippen molar-refractivity contribution >= 4 is 11.3 Å². The molecule has 0 N–H and O–H groups in total. The Hall–Kier alpha value is -7.64. The van der Waals surface area contributed by atoms with Gasteiger partial charge in [-0.3, -0.25) is 0 Å².